The predicted molar refractivity (Wildman–Crippen MR) is 44.2 cm³/mol. The largest absolute Gasteiger partial charge is 1.00 e. The van der Waals surface area contributed by atoms with Gasteiger partial charge >= 0.3 is 6.18 Å². The molecule has 0 unspecified atom stereocenters. The standard InChI is InChI=1S/C9H10F3N.HI/c10-9(11,12)8-3-1-7(2-4-8)5-6-13;/h1-4H,5-6,13H2;1H/p-1. The molecule has 1 nitrogen and oxygen atoms in total. The van der Waals surface area contributed by atoms with Crippen molar-refractivity contribution in [3.8, 4) is 0 Å². The van der Waals surface area contributed by atoms with E-state index >= 15 is 0 Å². The van der Waals surface area contributed by atoms with Crippen molar-refractivity contribution in [3.05, 3.63) is 35.4 Å². The third-order valence-corrected chi connectivity index (χ3v) is 1.71. The molecule has 1 aromatic rings. The summed E-state index contributed by atoms with van der Waals surface area (Å²) in [7, 11) is 0. The van der Waals surface area contributed by atoms with Crippen molar-refractivity contribution in [1.82, 2.24) is 0 Å². The molecule has 1 rings (SSSR count). The molecule has 0 aliphatic rings. The quantitative estimate of drug-likeness (QED) is 0.711. The van der Waals surface area contributed by atoms with E-state index in [1.54, 1.807) is 0 Å². The van der Waals surface area contributed by atoms with E-state index < -0.39 is 11.7 Å². The molecular weight excluding hydrogens is 306 g/mol. The van der Waals surface area contributed by atoms with E-state index in [4.69, 9.17) is 5.73 Å². The third-order valence-electron chi connectivity index (χ3n) is 1.71. The summed E-state index contributed by atoms with van der Waals surface area (Å²) in [6.07, 6.45) is -3.64. The Kier molecular flexibility index (Phi) is 5.43. The monoisotopic (exact) mass is 316 g/mol. The molecule has 1 aromatic carbocycles. The summed E-state index contributed by atoms with van der Waals surface area (Å²) in [6, 6.07) is 5.06. The molecule has 0 aliphatic heterocycles. The Bertz CT molecular complexity index is 268. The van der Waals surface area contributed by atoms with E-state index in [0.717, 1.165) is 17.7 Å². The van der Waals surface area contributed by atoms with Crippen molar-refractivity contribution in [2.24, 2.45) is 5.73 Å². The lowest BCUT2D eigenvalue weighted by Gasteiger charge is -2.06. The fourth-order valence-corrected chi connectivity index (χ4v) is 1.03. The molecule has 0 spiro atoms. The third kappa shape index (κ3) is 3.83. The summed E-state index contributed by atoms with van der Waals surface area (Å²) >= 11 is 0. The topological polar surface area (TPSA) is 26.0 Å². The van der Waals surface area contributed by atoms with Crippen LogP contribution in [-0.4, -0.2) is 6.54 Å². The van der Waals surface area contributed by atoms with Gasteiger partial charge in [-0.2, -0.15) is 13.2 Å². The molecule has 0 fully saturated rings. The van der Waals surface area contributed by atoms with Crippen LogP contribution in [-0.2, 0) is 12.6 Å². The number of rotatable bonds is 2. The van der Waals surface area contributed by atoms with Crippen LogP contribution < -0.4 is 29.7 Å². The predicted octanol–water partition coefficient (Wildman–Crippen LogP) is -0.789. The normalized spacial score (nSPS) is 10.9. The van der Waals surface area contributed by atoms with Gasteiger partial charge in [-0.3, -0.25) is 0 Å². The van der Waals surface area contributed by atoms with Crippen LogP contribution in [0.5, 0.6) is 0 Å². The summed E-state index contributed by atoms with van der Waals surface area (Å²) in [4.78, 5) is 0. The average molecular weight is 316 g/mol. The summed E-state index contributed by atoms with van der Waals surface area (Å²) in [5.74, 6) is 0. The Balaban J connectivity index is 0.00000169. The first kappa shape index (κ1) is 13.7. The number of halogens is 4. The molecule has 0 radical (unpaired) electrons. The van der Waals surface area contributed by atoms with Gasteiger partial charge in [0.25, 0.3) is 0 Å². The molecule has 5 heteroatoms. The van der Waals surface area contributed by atoms with E-state index in [1.807, 2.05) is 0 Å². The molecule has 80 valence electrons. The van der Waals surface area contributed by atoms with Crippen molar-refractivity contribution in [3.63, 3.8) is 0 Å². The van der Waals surface area contributed by atoms with Gasteiger partial charge in [-0.1, -0.05) is 12.1 Å². The lowest BCUT2D eigenvalue weighted by molar-refractivity contribution is -0.137. The zero-order valence-corrected chi connectivity index (χ0v) is 9.47. The second kappa shape index (κ2) is 5.55. The summed E-state index contributed by atoms with van der Waals surface area (Å²) in [5.41, 5.74) is 5.47. The van der Waals surface area contributed by atoms with Gasteiger partial charge < -0.3 is 29.7 Å². The number of benzene rings is 1. The van der Waals surface area contributed by atoms with E-state index in [1.165, 1.54) is 12.1 Å². The summed E-state index contributed by atoms with van der Waals surface area (Å²) in [6.45, 7) is 0.450. The lowest BCUT2D eigenvalue weighted by Crippen LogP contribution is -3.00. The maximum absolute atomic E-state index is 12.1. The molecule has 2 N–H and O–H groups in total. The Hall–Kier alpha value is -0.300. The number of alkyl halides is 3. The number of nitrogens with two attached hydrogens (primary N) is 1. The summed E-state index contributed by atoms with van der Waals surface area (Å²) < 4.78 is 36.2. The highest BCUT2D eigenvalue weighted by Crippen LogP contribution is 2.28. The molecule has 0 saturated heterocycles. The molecule has 14 heavy (non-hydrogen) atoms. The summed E-state index contributed by atoms with van der Waals surface area (Å²) in [5, 5.41) is 0. The number of hydrogen-bond donors (Lipinski definition) is 1. The van der Waals surface area contributed by atoms with Gasteiger partial charge in [0.2, 0.25) is 0 Å². The van der Waals surface area contributed by atoms with Gasteiger partial charge in [0.1, 0.15) is 0 Å². The zero-order chi connectivity index (χ0) is 9.90. The molecular formula is C9H10F3IN-. The van der Waals surface area contributed by atoms with E-state index in [2.05, 4.69) is 0 Å². The molecule has 0 aromatic heterocycles. The SMILES string of the molecule is NCCc1ccc(C(F)(F)F)cc1.[I-]. The fourth-order valence-electron chi connectivity index (χ4n) is 1.03. The van der Waals surface area contributed by atoms with Crippen molar-refractivity contribution in [2.45, 2.75) is 12.6 Å². The van der Waals surface area contributed by atoms with Crippen molar-refractivity contribution >= 4 is 0 Å². The Morgan fingerprint density at radius 1 is 1.07 bits per heavy atom. The molecule has 0 amide bonds. The van der Waals surface area contributed by atoms with Crippen molar-refractivity contribution < 1.29 is 37.1 Å². The highest BCUT2D eigenvalue weighted by molar-refractivity contribution is 5.24. The van der Waals surface area contributed by atoms with Gasteiger partial charge in [0, 0.05) is 0 Å². The second-order valence-electron chi connectivity index (χ2n) is 2.73. The van der Waals surface area contributed by atoms with Gasteiger partial charge in [0.15, 0.2) is 0 Å². The minimum Gasteiger partial charge on any atom is -1.00 e. The minimum atomic E-state index is -4.25. The van der Waals surface area contributed by atoms with E-state index in [-0.39, 0.29) is 24.0 Å². The van der Waals surface area contributed by atoms with Crippen LogP contribution in [0.1, 0.15) is 11.1 Å². The van der Waals surface area contributed by atoms with Crippen LogP contribution in [0.3, 0.4) is 0 Å². The van der Waals surface area contributed by atoms with E-state index in [0.29, 0.717) is 13.0 Å². The van der Waals surface area contributed by atoms with E-state index in [9.17, 15) is 13.2 Å². The van der Waals surface area contributed by atoms with Crippen LogP contribution in [0.25, 0.3) is 0 Å². The van der Waals surface area contributed by atoms with Gasteiger partial charge in [-0.05, 0) is 30.7 Å². The molecule has 0 heterocycles. The van der Waals surface area contributed by atoms with Gasteiger partial charge in [-0.15, -0.1) is 0 Å². The first-order chi connectivity index (χ1) is 6.04. The van der Waals surface area contributed by atoms with Gasteiger partial charge in [-0.25, -0.2) is 0 Å². The van der Waals surface area contributed by atoms with Crippen LogP contribution in [0, 0.1) is 0 Å². The van der Waals surface area contributed by atoms with Crippen LogP contribution in [0.4, 0.5) is 13.2 Å². The Morgan fingerprint density at radius 2 is 1.57 bits per heavy atom. The van der Waals surface area contributed by atoms with Crippen molar-refractivity contribution in [1.29, 1.82) is 0 Å². The average Bonchev–Trinajstić information content (AvgIpc) is 2.04. The minimum absolute atomic E-state index is 0. The van der Waals surface area contributed by atoms with Crippen LogP contribution in [0.15, 0.2) is 24.3 Å². The fraction of sp³-hybridized carbons (Fsp3) is 0.333. The highest BCUT2D eigenvalue weighted by Gasteiger charge is 2.29. The van der Waals surface area contributed by atoms with Crippen LogP contribution in [0.2, 0.25) is 0 Å². The highest BCUT2D eigenvalue weighted by atomic mass is 127. The molecule has 0 saturated carbocycles. The molecule has 0 bridgehead atoms. The zero-order valence-electron chi connectivity index (χ0n) is 7.31. The maximum Gasteiger partial charge on any atom is 0.416 e. The van der Waals surface area contributed by atoms with Crippen LogP contribution >= 0.6 is 0 Å². The lowest BCUT2D eigenvalue weighted by atomic mass is 10.1. The second-order valence-corrected chi connectivity index (χ2v) is 2.73. The molecule has 0 atom stereocenters. The first-order valence-corrected chi connectivity index (χ1v) is 3.90. The Morgan fingerprint density at radius 3 is 1.93 bits per heavy atom. The number of hydrogen-bond acceptors (Lipinski definition) is 1. The molecule has 0 aliphatic carbocycles. The van der Waals surface area contributed by atoms with Gasteiger partial charge in [0.05, 0.1) is 5.56 Å². The van der Waals surface area contributed by atoms with Crippen molar-refractivity contribution in [2.75, 3.05) is 6.54 Å². The smallest absolute Gasteiger partial charge is 0.416 e. The maximum atomic E-state index is 12.1. The Labute approximate surface area is 97.5 Å². The first-order valence-electron chi connectivity index (χ1n) is 3.90.